The van der Waals surface area contributed by atoms with Crippen LogP contribution in [0.2, 0.25) is 0 Å². The Bertz CT molecular complexity index is 339. The number of nitrogens with zero attached hydrogens (tertiary/aromatic N) is 1. The van der Waals surface area contributed by atoms with Gasteiger partial charge in [0.1, 0.15) is 11.5 Å². The summed E-state index contributed by atoms with van der Waals surface area (Å²) in [5.74, 6) is -0.487. The SMILES string of the molecule is NC1=NS(=O)(=O)NC(N)=C1N. The molecule has 0 fully saturated rings. The topological polar surface area (TPSA) is 137 Å². The van der Waals surface area contributed by atoms with Crippen LogP contribution in [0.25, 0.3) is 0 Å². The fourth-order valence-electron chi connectivity index (χ4n) is 0.533. The standard InChI is InChI=1S/C3H7N5O2S/c4-1-2(5)7-11(9,10)8-3(1)6/h7H,4-5H2,(H2,6,8). The molecule has 0 saturated heterocycles. The van der Waals surface area contributed by atoms with Gasteiger partial charge in [-0.25, -0.2) is 4.72 Å². The minimum Gasteiger partial charge on any atom is -0.393 e. The first-order valence-electron chi connectivity index (χ1n) is 2.56. The predicted octanol–water partition coefficient (Wildman–Crippen LogP) is -2.72. The van der Waals surface area contributed by atoms with Gasteiger partial charge in [0.25, 0.3) is 0 Å². The maximum Gasteiger partial charge on any atom is 0.345 e. The molecule has 1 aliphatic heterocycles. The second-order valence-corrected chi connectivity index (χ2v) is 3.22. The zero-order valence-corrected chi connectivity index (χ0v) is 6.22. The van der Waals surface area contributed by atoms with Crippen LogP contribution in [0.3, 0.4) is 0 Å². The molecule has 0 aromatic rings. The lowest BCUT2D eigenvalue weighted by atomic mass is 10.4. The van der Waals surface area contributed by atoms with Crippen molar-refractivity contribution in [1.82, 2.24) is 4.72 Å². The van der Waals surface area contributed by atoms with Gasteiger partial charge in [-0.1, -0.05) is 0 Å². The predicted molar refractivity (Wildman–Crippen MR) is 39.1 cm³/mol. The van der Waals surface area contributed by atoms with Gasteiger partial charge >= 0.3 is 10.2 Å². The van der Waals surface area contributed by atoms with E-state index in [0.29, 0.717) is 0 Å². The zero-order chi connectivity index (χ0) is 8.65. The molecule has 0 saturated carbocycles. The molecule has 0 aromatic heterocycles. The summed E-state index contributed by atoms with van der Waals surface area (Å²) < 4.78 is 26.2. The van der Waals surface area contributed by atoms with Gasteiger partial charge in [-0.15, -0.1) is 4.40 Å². The van der Waals surface area contributed by atoms with Crippen LogP contribution < -0.4 is 21.9 Å². The number of amidine groups is 1. The van der Waals surface area contributed by atoms with Gasteiger partial charge in [0.2, 0.25) is 0 Å². The zero-order valence-electron chi connectivity index (χ0n) is 5.40. The third-order valence-corrected chi connectivity index (χ3v) is 1.94. The largest absolute Gasteiger partial charge is 0.393 e. The molecular formula is C3H7N5O2S. The highest BCUT2D eigenvalue weighted by atomic mass is 32.2. The second-order valence-electron chi connectivity index (χ2n) is 1.88. The summed E-state index contributed by atoms with van der Waals surface area (Å²) in [4.78, 5) is 0. The average molecular weight is 177 g/mol. The molecule has 0 spiro atoms. The van der Waals surface area contributed by atoms with Crippen molar-refractivity contribution < 1.29 is 8.42 Å². The average Bonchev–Trinajstić information content (AvgIpc) is 1.81. The lowest BCUT2D eigenvalue weighted by Gasteiger charge is -2.12. The molecule has 7 N–H and O–H groups in total. The van der Waals surface area contributed by atoms with Gasteiger partial charge in [-0.05, 0) is 0 Å². The van der Waals surface area contributed by atoms with E-state index in [9.17, 15) is 8.42 Å². The molecule has 0 unspecified atom stereocenters. The Labute approximate surface area is 63.1 Å². The van der Waals surface area contributed by atoms with E-state index in [1.165, 1.54) is 0 Å². The molecule has 0 aromatic carbocycles. The van der Waals surface area contributed by atoms with Crippen molar-refractivity contribution in [2.24, 2.45) is 21.6 Å². The van der Waals surface area contributed by atoms with Crippen LogP contribution in [-0.4, -0.2) is 14.3 Å². The number of hydrogen-bond acceptors (Lipinski definition) is 5. The number of nitrogens with one attached hydrogen (secondary N) is 1. The first kappa shape index (κ1) is 7.66. The van der Waals surface area contributed by atoms with Crippen LogP contribution in [0.1, 0.15) is 0 Å². The maximum absolute atomic E-state index is 10.7. The van der Waals surface area contributed by atoms with E-state index >= 15 is 0 Å². The maximum atomic E-state index is 10.7. The van der Waals surface area contributed by atoms with Crippen LogP contribution in [0.15, 0.2) is 15.9 Å². The number of hydrogen-bond donors (Lipinski definition) is 4. The summed E-state index contributed by atoms with van der Waals surface area (Å²) in [6.45, 7) is 0. The summed E-state index contributed by atoms with van der Waals surface area (Å²) >= 11 is 0. The summed E-state index contributed by atoms with van der Waals surface area (Å²) in [5.41, 5.74) is 15.4. The van der Waals surface area contributed by atoms with Crippen molar-refractivity contribution in [1.29, 1.82) is 0 Å². The molecule has 0 bridgehead atoms. The Morgan fingerprint density at radius 1 is 1.27 bits per heavy atom. The van der Waals surface area contributed by atoms with E-state index in [1.807, 2.05) is 4.72 Å². The molecule has 8 heteroatoms. The fourth-order valence-corrected chi connectivity index (χ4v) is 1.32. The Morgan fingerprint density at radius 2 is 1.82 bits per heavy atom. The molecule has 0 amide bonds. The quantitative estimate of drug-likeness (QED) is 0.318. The van der Waals surface area contributed by atoms with Gasteiger partial charge in [0.05, 0.1) is 0 Å². The van der Waals surface area contributed by atoms with Crippen LogP contribution in [-0.2, 0) is 10.2 Å². The number of rotatable bonds is 0. The molecule has 1 rings (SSSR count). The smallest absolute Gasteiger partial charge is 0.345 e. The summed E-state index contributed by atoms with van der Waals surface area (Å²) in [5, 5.41) is 0. The van der Waals surface area contributed by atoms with E-state index in [4.69, 9.17) is 17.2 Å². The van der Waals surface area contributed by atoms with Crippen LogP contribution in [0.5, 0.6) is 0 Å². The van der Waals surface area contributed by atoms with Crippen LogP contribution in [0.4, 0.5) is 0 Å². The van der Waals surface area contributed by atoms with Crippen molar-refractivity contribution >= 4 is 16.0 Å². The van der Waals surface area contributed by atoms with E-state index < -0.39 is 10.2 Å². The monoisotopic (exact) mass is 177 g/mol. The molecule has 7 nitrogen and oxygen atoms in total. The Balaban J connectivity index is 3.22. The molecular weight excluding hydrogens is 170 g/mol. The van der Waals surface area contributed by atoms with Gasteiger partial charge in [-0.2, -0.15) is 8.42 Å². The Hall–Kier alpha value is -1.44. The van der Waals surface area contributed by atoms with Crippen molar-refractivity contribution in [2.45, 2.75) is 0 Å². The lowest BCUT2D eigenvalue weighted by Crippen LogP contribution is -2.39. The fraction of sp³-hybridized carbons (Fsp3) is 0. The van der Waals surface area contributed by atoms with E-state index in [-0.39, 0.29) is 17.4 Å². The van der Waals surface area contributed by atoms with Gasteiger partial charge in [-0.3, -0.25) is 0 Å². The first-order chi connectivity index (χ1) is 4.92. The molecule has 0 aliphatic carbocycles. The molecule has 62 valence electrons. The third kappa shape index (κ3) is 1.34. The molecule has 0 atom stereocenters. The van der Waals surface area contributed by atoms with Crippen LogP contribution in [0, 0.1) is 0 Å². The summed E-state index contributed by atoms with van der Waals surface area (Å²) in [7, 11) is -3.76. The minimum atomic E-state index is -3.76. The normalized spacial score (nSPS) is 22.4. The van der Waals surface area contributed by atoms with Crippen molar-refractivity contribution in [3.8, 4) is 0 Å². The highest BCUT2D eigenvalue weighted by molar-refractivity contribution is 7.88. The van der Waals surface area contributed by atoms with Crippen molar-refractivity contribution in [3.05, 3.63) is 11.5 Å². The van der Waals surface area contributed by atoms with Gasteiger partial charge in [0.15, 0.2) is 5.84 Å². The van der Waals surface area contributed by atoms with E-state index in [1.54, 1.807) is 0 Å². The molecule has 1 heterocycles. The third-order valence-electron chi connectivity index (χ3n) is 1.02. The van der Waals surface area contributed by atoms with Crippen molar-refractivity contribution in [3.63, 3.8) is 0 Å². The Morgan fingerprint density at radius 3 is 2.27 bits per heavy atom. The summed E-state index contributed by atoms with van der Waals surface area (Å²) in [6.07, 6.45) is 0. The summed E-state index contributed by atoms with van der Waals surface area (Å²) in [6, 6.07) is 0. The second kappa shape index (κ2) is 2.02. The minimum absolute atomic E-state index is 0.0557. The highest BCUT2D eigenvalue weighted by Crippen LogP contribution is 2.01. The lowest BCUT2D eigenvalue weighted by molar-refractivity contribution is 0.589. The molecule has 0 radical (unpaired) electrons. The van der Waals surface area contributed by atoms with E-state index in [0.717, 1.165) is 0 Å². The van der Waals surface area contributed by atoms with Gasteiger partial charge in [0, 0.05) is 0 Å². The van der Waals surface area contributed by atoms with E-state index in [2.05, 4.69) is 4.40 Å². The molecule has 11 heavy (non-hydrogen) atoms. The first-order valence-corrected chi connectivity index (χ1v) is 4.00. The van der Waals surface area contributed by atoms with Crippen molar-refractivity contribution in [2.75, 3.05) is 0 Å². The van der Waals surface area contributed by atoms with Gasteiger partial charge < -0.3 is 17.2 Å². The molecule has 1 aliphatic rings. The Kier molecular flexibility index (Phi) is 1.41. The highest BCUT2D eigenvalue weighted by Gasteiger charge is 2.19. The number of nitrogens with two attached hydrogens (primary N) is 3. The van der Waals surface area contributed by atoms with Crippen LogP contribution >= 0.6 is 0 Å².